The number of nitrogens with one attached hydrogen (secondary N) is 2. The Kier molecular flexibility index (Phi) is 17.5. The molecule has 0 saturated carbocycles. The zero-order chi connectivity index (χ0) is 56.5. The van der Waals surface area contributed by atoms with E-state index in [1.165, 1.54) is 0 Å². The maximum absolute atomic E-state index is 13.6. The molecular formula is C63H71N13O4. The van der Waals surface area contributed by atoms with Gasteiger partial charge in [0.25, 0.3) is 23.6 Å². The Balaban J connectivity index is 0.000000194. The zero-order valence-corrected chi connectivity index (χ0v) is 46.3. The van der Waals surface area contributed by atoms with Crippen molar-refractivity contribution in [2.75, 3.05) is 109 Å². The van der Waals surface area contributed by atoms with Gasteiger partial charge in [-0.05, 0) is 136 Å². The molecule has 4 saturated heterocycles. The number of hydrogen-bond donors (Lipinski definition) is 4. The van der Waals surface area contributed by atoms with E-state index >= 15 is 0 Å². The maximum atomic E-state index is 13.6. The van der Waals surface area contributed by atoms with E-state index in [4.69, 9.17) is 11.5 Å². The van der Waals surface area contributed by atoms with Gasteiger partial charge in [0, 0.05) is 125 Å². The monoisotopic (exact) mass is 1070 g/mol. The molecule has 4 amide bonds. The van der Waals surface area contributed by atoms with Gasteiger partial charge in [-0.25, -0.2) is 4.98 Å². The Morgan fingerprint density at radius 1 is 0.463 bits per heavy atom. The van der Waals surface area contributed by atoms with E-state index in [0.717, 1.165) is 108 Å². The Bertz CT molecular complexity index is 3110. The predicted molar refractivity (Wildman–Crippen MR) is 316 cm³/mol. The van der Waals surface area contributed by atoms with Crippen LogP contribution in [0, 0.1) is 50.4 Å². The Morgan fingerprint density at radius 3 is 1.29 bits per heavy atom. The molecule has 5 aromatic carbocycles. The minimum absolute atomic E-state index is 0.0132. The number of rotatable bonds is 12. The number of piperidine rings is 2. The molecule has 17 heteroatoms. The van der Waals surface area contributed by atoms with Gasteiger partial charge in [-0.2, -0.15) is 10.5 Å². The molecule has 0 aliphatic carbocycles. The molecule has 5 heterocycles. The fourth-order valence-electron chi connectivity index (χ4n) is 11.5. The van der Waals surface area contributed by atoms with Crippen LogP contribution >= 0.6 is 0 Å². The lowest BCUT2D eigenvalue weighted by Crippen LogP contribution is -2.49. The highest BCUT2D eigenvalue weighted by Crippen LogP contribution is 2.31. The standard InChI is InChI=1S/C32H36N6O2.C31H35N7O2/c1-22-19-23(2)28(35-25-11-13-36(14-12-25)29-9-5-3-7-24(29)21-33)20-27(22)32(40)38-17-15-37(16-18-38)30-10-6-4-8-26(30)31(34)39;1-21-18-22(2)27(35-24-9-12-36(13-10-24)28-8-4-3-6-23(28)20-32)19-26(21)31(40)38-16-14-37(15-17-38)30-25(29(33)39)7-5-11-34-30/h3-10,19-20,25,35H,11-18H2,1-2H3,(H2,34,39);3-8,11,18-19,24,35H,9-10,12-17H2,1-2H3,(H2,33,39). The Morgan fingerprint density at radius 2 is 0.850 bits per heavy atom. The molecule has 4 fully saturated rings. The number of piperazine rings is 2. The van der Waals surface area contributed by atoms with Gasteiger partial charge < -0.3 is 51.5 Å². The van der Waals surface area contributed by atoms with Crippen LogP contribution in [0.1, 0.15) is 100 Å². The molecule has 4 aliphatic heterocycles. The van der Waals surface area contributed by atoms with Crippen LogP contribution in [-0.4, -0.2) is 129 Å². The predicted octanol–water partition coefficient (Wildman–Crippen LogP) is 8.03. The lowest BCUT2D eigenvalue weighted by atomic mass is 9.99. The van der Waals surface area contributed by atoms with Crippen LogP contribution in [0.25, 0.3) is 0 Å². The highest BCUT2D eigenvalue weighted by Gasteiger charge is 2.30. The Hall–Kier alpha value is -9.09. The van der Waals surface area contributed by atoms with Crippen LogP contribution in [0.15, 0.2) is 115 Å². The SMILES string of the molecule is Cc1cc(C)c(C(=O)N2CCN(c3ccccc3C(N)=O)CC2)cc1NC1CCN(c2ccccc2C#N)CC1.Cc1cc(C)c(C(=O)N2CCN(c3ncccc3C(N)=O)CC2)cc1NC1CCN(c2ccccc2C#N)CC1. The fourth-order valence-corrected chi connectivity index (χ4v) is 11.5. The van der Waals surface area contributed by atoms with E-state index in [9.17, 15) is 29.7 Å². The number of pyridine rings is 1. The van der Waals surface area contributed by atoms with E-state index in [0.29, 0.717) is 92.0 Å². The van der Waals surface area contributed by atoms with E-state index in [2.05, 4.69) is 68.4 Å². The van der Waals surface area contributed by atoms with Gasteiger partial charge in [-0.1, -0.05) is 48.5 Å². The van der Waals surface area contributed by atoms with Gasteiger partial charge >= 0.3 is 0 Å². The number of benzene rings is 5. The minimum Gasteiger partial charge on any atom is -0.382 e. The normalized spacial score (nSPS) is 16.0. The average molecular weight is 1070 g/mol. The van der Waals surface area contributed by atoms with Gasteiger partial charge in [0.05, 0.1) is 33.6 Å². The third-order valence-corrected chi connectivity index (χ3v) is 16.0. The average Bonchev–Trinajstić information content (AvgIpc) is 3.51. The number of para-hydroxylation sites is 3. The van der Waals surface area contributed by atoms with E-state index < -0.39 is 11.8 Å². The third-order valence-electron chi connectivity index (χ3n) is 16.0. The van der Waals surface area contributed by atoms with Crippen LogP contribution in [-0.2, 0) is 0 Å². The second-order valence-electron chi connectivity index (χ2n) is 21.2. The van der Waals surface area contributed by atoms with Crippen molar-refractivity contribution in [3.63, 3.8) is 0 Å². The number of primary amides is 2. The highest BCUT2D eigenvalue weighted by atomic mass is 16.2. The van der Waals surface area contributed by atoms with Crippen LogP contribution in [0.4, 0.5) is 34.3 Å². The topological polar surface area (TPSA) is 224 Å². The van der Waals surface area contributed by atoms with Crippen molar-refractivity contribution in [2.24, 2.45) is 11.5 Å². The van der Waals surface area contributed by atoms with E-state index in [1.54, 1.807) is 24.4 Å². The molecule has 0 spiro atoms. The van der Waals surface area contributed by atoms with Crippen molar-refractivity contribution in [2.45, 2.75) is 65.5 Å². The van der Waals surface area contributed by atoms with Crippen LogP contribution in [0.3, 0.4) is 0 Å². The first-order valence-electron chi connectivity index (χ1n) is 27.7. The summed E-state index contributed by atoms with van der Waals surface area (Å²) in [6.07, 6.45) is 5.44. The fraction of sp³-hybridized carbons (Fsp3) is 0.349. The van der Waals surface area contributed by atoms with Crippen molar-refractivity contribution in [1.29, 1.82) is 10.5 Å². The molecule has 6 N–H and O–H groups in total. The molecular weight excluding hydrogens is 1000 g/mol. The number of aryl methyl sites for hydroxylation is 4. The lowest BCUT2D eigenvalue weighted by molar-refractivity contribution is 0.0738. The zero-order valence-electron chi connectivity index (χ0n) is 46.3. The maximum Gasteiger partial charge on any atom is 0.254 e. The number of nitrogens with zero attached hydrogens (tertiary/aromatic N) is 9. The second-order valence-corrected chi connectivity index (χ2v) is 21.2. The highest BCUT2D eigenvalue weighted by molar-refractivity contribution is 6.00. The van der Waals surface area contributed by atoms with Crippen molar-refractivity contribution in [1.82, 2.24) is 14.8 Å². The van der Waals surface area contributed by atoms with Gasteiger partial charge in [0.15, 0.2) is 0 Å². The van der Waals surface area contributed by atoms with Crippen molar-refractivity contribution in [3.8, 4) is 12.1 Å². The molecule has 0 atom stereocenters. The lowest BCUT2D eigenvalue weighted by Gasteiger charge is -2.37. The van der Waals surface area contributed by atoms with Crippen LogP contribution < -0.4 is 41.7 Å². The number of anilines is 6. The van der Waals surface area contributed by atoms with E-state index in [-0.39, 0.29) is 17.9 Å². The summed E-state index contributed by atoms with van der Waals surface area (Å²) in [6, 6.07) is 39.6. The smallest absolute Gasteiger partial charge is 0.254 e. The molecule has 80 heavy (non-hydrogen) atoms. The first kappa shape index (κ1) is 55.7. The molecule has 0 radical (unpaired) electrons. The number of nitriles is 2. The first-order valence-corrected chi connectivity index (χ1v) is 27.7. The van der Waals surface area contributed by atoms with Crippen molar-refractivity contribution in [3.05, 3.63) is 171 Å². The molecule has 412 valence electrons. The van der Waals surface area contributed by atoms with Crippen LogP contribution in [0.2, 0.25) is 0 Å². The summed E-state index contributed by atoms with van der Waals surface area (Å²) in [7, 11) is 0. The van der Waals surface area contributed by atoms with Crippen molar-refractivity contribution < 1.29 is 19.2 Å². The summed E-state index contributed by atoms with van der Waals surface area (Å²) in [4.78, 5) is 67.8. The second kappa shape index (κ2) is 25.1. The van der Waals surface area contributed by atoms with E-state index in [1.807, 2.05) is 107 Å². The number of carbonyl (C=O) groups excluding carboxylic acids is 4. The third kappa shape index (κ3) is 12.6. The number of amides is 4. The van der Waals surface area contributed by atoms with Crippen LogP contribution in [0.5, 0.6) is 0 Å². The quantitative estimate of drug-likeness (QED) is 0.0912. The molecule has 1 aromatic heterocycles. The molecule has 6 aromatic rings. The molecule has 0 bridgehead atoms. The van der Waals surface area contributed by atoms with Crippen molar-refractivity contribution >= 4 is 57.9 Å². The van der Waals surface area contributed by atoms with Gasteiger partial charge in [-0.3, -0.25) is 19.2 Å². The summed E-state index contributed by atoms with van der Waals surface area (Å²) in [5, 5.41) is 26.3. The minimum atomic E-state index is -0.505. The van der Waals surface area contributed by atoms with Gasteiger partial charge in [-0.15, -0.1) is 0 Å². The number of aromatic nitrogens is 1. The van der Waals surface area contributed by atoms with Gasteiger partial charge in [0.1, 0.15) is 18.0 Å². The first-order chi connectivity index (χ1) is 38.7. The summed E-state index contributed by atoms with van der Waals surface area (Å²) in [6.45, 7) is 16.3. The van der Waals surface area contributed by atoms with Gasteiger partial charge in [0.2, 0.25) is 0 Å². The summed E-state index contributed by atoms with van der Waals surface area (Å²) in [5.41, 5.74) is 23.8. The molecule has 10 rings (SSSR count). The molecule has 17 nitrogen and oxygen atoms in total. The summed E-state index contributed by atoms with van der Waals surface area (Å²) < 4.78 is 0. The number of hydrogen-bond acceptors (Lipinski definition) is 13. The molecule has 4 aliphatic rings. The summed E-state index contributed by atoms with van der Waals surface area (Å²) >= 11 is 0. The number of carbonyl (C=O) groups is 4. The Labute approximate surface area is 469 Å². The summed E-state index contributed by atoms with van der Waals surface area (Å²) in [5.74, 6) is -0.329. The molecule has 0 unspecified atom stereocenters. The largest absolute Gasteiger partial charge is 0.382 e. The number of nitrogens with two attached hydrogens (primary N) is 2.